The van der Waals surface area contributed by atoms with Gasteiger partial charge in [0.15, 0.2) is 5.76 Å². The van der Waals surface area contributed by atoms with E-state index in [0.717, 1.165) is 4.90 Å². The number of hydrogen-bond acceptors (Lipinski definition) is 6. The molecule has 28 heavy (non-hydrogen) atoms. The minimum absolute atomic E-state index is 0.0399. The predicted octanol–water partition coefficient (Wildman–Crippen LogP) is 0.887. The Labute approximate surface area is 161 Å². The molecule has 10 heteroatoms. The van der Waals surface area contributed by atoms with Gasteiger partial charge in [0.2, 0.25) is 15.9 Å². The maximum absolute atomic E-state index is 12.9. The van der Waals surface area contributed by atoms with Gasteiger partial charge >= 0.3 is 0 Å². The van der Waals surface area contributed by atoms with E-state index in [1.54, 1.807) is 6.07 Å². The molecule has 9 nitrogen and oxygen atoms in total. The van der Waals surface area contributed by atoms with Crippen LogP contribution in [0.3, 0.4) is 0 Å². The third-order valence-corrected chi connectivity index (χ3v) is 5.17. The molecule has 0 radical (unpaired) electrons. The van der Waals surface area contributed by atoms with Crippen molar-refractivity contribution in [1.82, 2.24) is 4.90 Å². The lowest BCUT2D eigenvalue weighted by molar-refractivity contribution is -0.122. The second-order valence-corrected chi connectivity index (χ2v) is 7.61. The summed E-state index contributed by atoms with van der Waals surface area (Å²) in [6, 6.07) is 7.00. The number of amides is 3. The van der Waals surface area contributed by atoms with Crippen LogP contribution in [0.1, 0.15) is 17.0 Å². The van der Waals surface area contributed by atoms with E-state index in [-0.39, 0.29) is 29.3 Å². The van der Waals surface area contributed by atoms with Crippen molar-refractivity contribution in [1.29, 1.82) is 0 Å². The van der Waals surface area contributed by atoms with Gasteiger partial charge in [-0.05, 0) is 36.4 Å². The fraction of sp³-hybridized carbons (Fsp3) is 0.167. The minimum Gasteiger partial charge on any atom is -0.459 e. The molecule has 2 heterocycles. The highest BCUT2D eigenvalue weighted by Gasteiger charge is 2.44. The molecule has 0 saturated carbocycles. The molecule has 2 aromatic rings. The quantitative estimate of drug-likeness (QED) is 0.563. The molecule has 0 spiro atoms. The largest absolute Gasteiger partial charge is 0.459 e. The lowest BCUT2D eigenvalue weighted by Gasteiger charge is -2.25. The highest BCUT2D eigenvalue weighted by Crippen LogP contribution is 2.27. The first kappa shape index (κ1) is 19.5. The van der Waals surface area contributed by atoms with Crippen LogP contribution in [0.25, 0.3) is 0 Å². The summed E-state index contributed by atoms with van der Waals surface area (Å²) in [4.78, 5) is 40.0. The number of imide groups is 1. The predicted molar refractivity (Wildman–Crippen MR) is 98.7 cm³/mol. The van der Waals surface area contributed by atoms with E-state index in [2.05, 4.69) is 6.58 Å². The first-order chi connectivity index (χ1) is 13.2. The molecule has 1 aromatic heterocycles. The molecule has 1 atom stereocenters. The molecule has 1 saturated heterocycles. The first-order valence-corrected chi connectivity index (χ1v) is 9.73. The van der Waals surface area contributed by atoms with Crippen molar-refractivity contribution in [2.45, 2.75) is 17.4 Å². The zero-order chi connectivity index (χ0) is 20.5. The van der Waals surface area contributed by atoms with Gasteiger partial charge < -0.3 is 9.32 Å². The van der Waals surface area contributed by atoms with Gasteiger partial charge in [0.1, 0.15) is 6.04 Å². The normalized spacial score (nSPS) is 17.0. The topological polar surface area (TPSA) is 131 Å². The second-order valence-electron chi connectivity index (χ2n) is 6.05. The van der Waals surface area contributed by atoms with Crippen LogP contribution in [0.5, 0.6) is 0 Å². The van der Waals surface area contributed by atoms with Gasteiger partial charge in [-0.3, -0.25) is 14.4 Å². The fourth-order valence-corrected chi connectivity index (χ4v) is 3.46. The molecule has 3 amide bonds. The van der Waals surface area contributed by atoms with Crippen LogP contribution in [-0.4, -0.2) is 43.6 Å². The van der Waals surface area contributed by atoms with Crippen LogP contribution in [0.15, 0.2) is 64.6 Å². The molecule has 0 aliphatic carbocycles. The van der Waals surface area contributed by atoms with Gasteiger partial charge in [-0.2, -0.15) is 0 Å². The molecule has 1 aliphatic rings. The molecular formula is C18H17N3O6S. The monoisotopic (exact) mass is 403 g/mol. The number of nitrogens with zero attached hydrogens (tertiary/aromatic N) is 2. The zero-order valence-corrected chi connectivity index (χ0v) is 15.5. The number of rotatable bonds is 6. The molecule has 1 aliphatic heterocycles. The Kier molecular flexibility index (Phi) is 5.16. The number of benzene rings is 1. The standard InChI is InChI=1S/C18H17N3O6S/c1-2-9-20(18(24)15-4-3-10-27-15)14-11-16(22)21(17(14)23)12-5-7-13(8-6-12)28(19,25)26/h2-8,10,14H,1,9,11H2,(H2,19,25,26). The summed E-state index contributed by atoms with van der Waals surface area (Å²) in [6.45, 7) is 3.63. The van der Waals surface area contributed by atoms with Gasteiger partial charge in [0.25, 0.3) is 11.8 Å². The number of anilines is 1. The van der Waals surface area contributed by atoms with Crippen molar-refractivity contribution in [3.8, 4) is 0 Å². The lowest BCUT2D eigenvalue weighted by Crippen LogP contribution is -2.45. The number of hydrogen-bond donors (Lipinski definition) is 1. The average molecular weight is 403 g/mol. The van der Waals surface area contributed by atoms with Gasteiger partial charge in [-0.25, -0.2) is 18.5 Å². The van der Waals surface area contributed by atoms with Crippen LogP contribution < -0.4 is 10.0 Å². The number of carbonyl (C=O) groups is 3. The van der Waals surface area contributed by atoms with E-state index in [1.807, 2.05) is 0 Å². The van der Waals surface area contributed by atoms with Crippen molar-refractivity contribution in [3.63, 3.8) is 0 Å². The van der Waals surface area contributed by atoms with Crippen molar-refractivity contribution >= 4 is 33.4 Å². The molecule has 1 aromatic carbocycles. The van der Waals surface area contributed by atoms with E-state index in [9.17, 15) is 22.8 Å². The molecular weight excluding hydrogens is 386 g/mol. The van der Waals surface area contributed by atoms with Crippen molar-refractivity contribution in [2.75, 3.05) is 11.4 Å². The number of sulfonamides is 1. The van der Waals surface area contributed by atoms with Gasteiger partial charge in [-0.1, -0.05) is 6.08 Å². The number of furan rings is 1. The van der Waals surface area contributed by atoms with Crippen LogP contribution in [0.2, 0.25) is 0 Å². The number of carbonyl (C=O) groups excluding carboxylic acids is 3. The first-order valence-electron chi connectivity index (χ1n) is 8.19. The fourth-order valence-electron chi connectivity index (χ4n) is 2.95. The summed E-state index contributed by atoms with van der Waals surface area (Å²) in [5, 5.41) is 5.05. The summed E-state index contributed by atoms with van der Waals surface area (Å²) in [6.07, 6.45) is 2.57. The highest BCUT2D eigenvalue weighted by molar-refractivity contribution is 7.89. The average Bonchev–Trinajstić information content (AvgIpc) is 3.27. The third kappa shape index (κ3) is 3.59. The Morgan fingerprint density at radius 2 is 1.96 bits per heavy atom. The number of primary sulfonamides is 1. The van der Waals surface area contributed by atoms with Crippen molar-refractivity contribution in [3.05, 3.63) is 61.1 Å². The highest BCUT2D eigenvalue weighted by atomic mass is 32.2. The molecule has 0 bridgehead atoms. The number of nitrogens with two attached hydrogens (primary N) is 1. The maximum atomic E-state index is 12.9. The van der Waals surface area contributed by atoms with Crippen molar-refractivity contribution < 1.29 is 27.2 Å². The Morgan fingerprint density at radius 3 is 2.50 bits per heavy atom. The lowest BCUT2D eigenvalue weighted by atomic mass is 10.2. The molecule has 1 unspecified atom stereocenters. The molecule has 2 N–H and O–H groups in total. The van der Waals surface area contributed by atoms with Crippen molar-refractivity contribution in [2.24, 2.45) is 5.14 Å². The summed E-state index contributed by atoms with van der Waals surface area (Å²) in [5.41, 5.74) is 0.189. The van der Waals surface area contributed by atoms with Gasteiger partial charge in [0, 0.05) is 6.54 Å². The second kappa shape index (κ2) is 7.41. The van der Waals surface area contributed by atoms with Crippen LogP contribution >= 0.6 is 0 Å². The zero-order valence-electron chi connectivity index (χ0n) is 14.6. The summed E-state index contributed by atoms with van der Waals surface area (Å²) >= 11 is 0. The minimum atomic E-state index is -3.90. The van der Waals surface area contributed by atoms with Gasteiger partial charge in [-0.15, -0.1) is 6.58 Å². The van der Waals surface area contributed by atoms with Gasteiger partial charge in [0.05, 0.1) is 23.3 Å². The molecule has 1 fully saturated rings. The van der Waals surface area contributed by atoms with Crippen LogP contribution in [0, 0.1) is 0 Å². The van der Waals surface area contributed by atoms with E-state index in [4.69, 9.17) is 9.56 Å². The Balaban J connectivity index is 1.89. The smallest absolute Gasteiger partial charge is 0.290 e. The van der Waals surface area contributed by atoms with Crippen LogP contribution in [-0.2, 0) is 19.6 Å². The van der Waals surface area contributed by atoms with E-state index in [0.29, 0.717) is 0 Å². The van der Waals surface area contributed by atoms with Crippen LogP contribution in [0.4, 0.5) is 5.69 Å². The Morgan fingerprint density at radius 1 is 1.29 bits per heavy atom. The van der Waals surface area contributed by atoms with E-state index >= 15 is 0 Å². The van der Waals surface area contributed by atoms with E-state index < -0.39 is 33.8 Å². The molecule has 3 rings (SSSR count). The Bertz CT molecular complexity index is 1030. The Hall–Kier alpha value is -3.24. The summed E-state index contributed by atoms with van der Waals surface area (Å²) in [5.74, 6) is -1.62. The summed E-state index contributed by atoms with van der Waals surface area (Å²) < 4.78 is 27.8. The SMILES string of the molecule is C=CCN(C(=O)c1ccco1)C1CC(=O)N(c2ccc(S(N)(=O)=O)cc2)C1=O. The molecule has 146 valence electrons. The maximum Gasteiger partial charge on any atom is 0.290 e. The summed E-state index contributed by atoms with van der Waals surface area (Å²) in [7, 11) is -3.90. The third-order valence-electron chi connectivity index (χ3n) is 4.24. The van der Waals surface area contributed by atoms with E-state index in [1.165, 1.54) is 47.6 Å².